The Bertz CT molecular complexity index is 603. The number of likely N-dealkylation sites (tertiary alicyclic amines) is 1. The molecular weight excluding hydrogens is 304 g/mol. The van der Waals surface area contributed by atoms with Crippen molar-refractivity contribution < 1.29 is 17.9 Å². The van der Waals surface area contributed by atoms with Crippen molar-refractivity contribution in [3.8, 4) is 0 Å². The van der Waals surface area contributed by atoms with Gasteiger partial charge in [-0.15, -0.1) is 0 Å². The summed E-state index contributed by atoms with van der Waals surface area (Å²) in [7, 11) is -2.02. The van der Waals surface area contributed by atoms with E-state index in [9.17, 15) is 13.2 Å². The molecule has 22 heavy (non-hydrogen) atoms. The zero-order valence-corrected chi connectivity index (χ0v) is 13.5. The molecule has 1 saturated heterocycles. The van der Waals surface area contributed by atoms with E-state index in [1.807, 2.05) is 30.3 Å². The topological polar surface area (TPSA) is 89.7 Å². The summed E-state index contributed by atoms with van der Waals surface area (Å²) in [5, 5.41) is 5.11. The van der Waals surface area contributed by atoms with Gasteiger partial charge in [-0.25, -0.2) is 13.6 Å². The van der Waals surface area contributed by atoms with Gasteiger partial charge < -0.3 is 9.64 Å². The Labute approximate surface area is 131 Å². The second-order valence-corrected chi connectivity index (χ2v) is 7.31. The van der Waals surface area contributed by atoms with E-state index in [2.05, 4.69) is 0 Å². The maximum absolute atomic E-state index is 12.7. The van der Waals surface area contributed by atoms with Crippen LogP contribution >= 0.6 is 0 Å². The third-order valence-electron chi connectivity index (χ3n) is 3.86. The highest BCUT2D eigenvalue weighted by Crippen LogP contribution is 2.24. The number of nitrogens with two attached hydrogens (primary N) is 1. The fourth-order valence-corrected chi connectivity index (χ4v) is 3.83. The lowest BCUT2D eigenvalue weighted by Crippen LogP contribution is -2.44. The molecule has 0 radical (unpaired) electrons. The summed E-state index contributed by atoms with van der Waals surface area (Å²) < 4.78 is 27.8. The third kappa shape index (κ3) is 4.53. The molecule has 0 bridgehead atoms. The van der Waals surface area contributed by atoms with E-state index in [0.29, 0.717) is 13.1 Å². The molecule has 1 fully saturated rings. The molecule has 0 saturated carbocycles. The van der Waals surface area contributed by atoms with Crippen LogP contribution in [0.4, 0.5) is 0 Å². The predicted octanol–water partition coefficient (Wildman–Crippen LogP) is 0.901. The van der Waals surface area contributed by atoms with Crippen molar-refractivity contribution in [3.05, 3.63) is 35.9 Å². The second-order valence-electron chi connectivity index (χ2n) is 5.65. The molecule has 1 aliphatic heterocycles. The molecule has 0 aromatic heterocycles. The number of nitrogens with zero attached hydrogens (tertiary/aromatic N) is 1. The smallest absolute Gasteiger partial charge is 0.256 e. The van der Waals surface area contributed by atoms with Crippen molar-refractivity contribution in [2.45, 2.75) is 18.9 Å². The minimum absolute atomic E-state index is 0.0836. The highest BCUT2D eigenvalue weighted by atomic mass is 32.2. The first kappa shape index (κ1) is 16.9. The molecule has 6 nitrogen and oxygen atoms in total. The number of sulfonamides is 1. The van der Waals surface area contributed by atoms with Gasteiger partial charge in [-0.05, 0) is 24.3 Å². The van der Waals surface area contributed by atoms with Crippen LogP contribution in [0.2, 0.25) is 0 Å². The highest BCUT2D eigenvalue weighted by Gasteiger charge is 2.31. The molecule has 2 atom stereocenters. The quantitative estimate of drug-likeness (QED) is 0.870. The molecule has 7 heteroatoms. The summed E-state index contributed by atoms with van der Waals surface area (Å²) in [6.07, 6.45) is 0.884. The molecule has 1 heterocycles. The van der Waals surface area contributed by atoms with Crippen LogP contribution in [0.3, 0.4) is 0 Å². The molecule has 1 aliphatic rings. The fraction of sp³-hybridized carbons (Fsp3) is 0.533. The van der Waals surface area contributed by atoms with Crippen molar-refractivity contribution in [1.82, 2.24) is 4.90 Å². The first-order valence-corrected chi connectivity index (χ1v) is 8.99. The minimum Gasteiger partial charge on any atom is -0.367 e. The van der Waals surface area contributed by atoms with Gasteiger partial charge in [0.1, 0.15) is 0 Å². The van der Waals surface area contributed by atoms with Crippen LogP contribution in [0.25, 0.3) is 0 Å². The van der Waals surface area contributed by atoms with Gasteiger partial charge in [0.2, 0.25) is 10.0 Å². The van der Waals surface area contributed by atoms with E-state index in [1.165, 1.54) is 7.11 Å². The maximum Gasteiger partial charge on any atom is 0.256 e. The summed E-state index contributed by atoms with van der Waals surface area (Å²) in [5.74, 6) is -0.325. The van der Waals surface area contributed by atoms with Crippen LogP contribution in [-0.4, -0.2) is 45.2 Å². The van der Waals surface area contributed by atoms with Crippen LogP contribution in [0.5, 0.6) is 0 Å². The molecule has 1 aromatic rings. The Morgan fingerprint density at radius 1 is 1.41 bits per heavy atom. The van der Waals surface area contributed by atoms with Gasteiger partial charge in [0.15, 0.2) is 6.10 Å². The Kier molecular flexibility index (Phi) is 5.55. The zero-order chi connectivity index (χ0) is 16.2. The van der Waals surface area contributed by atoms with Crippen LogP contribution < -0.4 is 5.14 Å². The molecule has 2 rings (SSSR count). The Balaban J connectivity index is 2.07. The first-order valence-electron chi connectivity index (χ1n) is 7.27. The lowest BCUT2D eigenvalue weighted by atomic mass is 9.98. The molecule has 1 aromatic carbocycles. The Hall–Kier alpha value is -1.44. The number of methoxy groups -OCH3 is 1. The monoisotopic (exact) mass is 326 g/mol. The molecule has 1 amide bonds. The number of benzene rings is 1. The molecule has 0 spiro atoms. The molecule has 122 valence electrons. The number of carbonyl (C=O) groups excluding carboxylic acids is 1. The average Bonchev–Trinajstić information content (AvgIpc) is 2.47. The third-order valence-corrected chi connectivity index (χ3v) is 4.80. The van der Waals surface area contributed by atoms with Gasteiger partial charge >= 0.3 is 0 Å². The van der Waals surface area contributed by atoms with Crippen LogP contribution in [0.15, 0.2) is 30.3 Å². The van der Waals surface area contributed by atoms with E-state index < -0.39 is 16.1 Å². The fourth-order valence-electron chi connectivity index (χ4n) is 2.90. The largest absolute Gasteiger partial charge is 0.367 e. The van der Waals surface area contributed by atoms with Gasteiger partial charge in [0.05, 0.1) is 5.75 Å². The predicted molar refractivity (Wildman–Crippen MR) is 83.5 cm³/mol. The Morgan fingerprint density at radius 3 is 2.68 bits per heavy atom. The zero-order valence-electron chi connectivity index (χ0n) is 12.6. The molecule has 0 unspecified atom stereocenters. The number of amides is 1. The molecule has 2 N–H and O–H groups in total. The van der Waals surface area contributed by atoms with Gasteiger partial charge in [-0.1, -0.05) is 30.3 Å². The number of hydrogen-bond donors (Lipinski definition) is 1. The van der Waals surface area contributed by atoms with Gasteiger partial charge in [-0.3, -0.25) is 4.79 Å². The highest BCUT2D eigenvalue weighted by molar-refractivity contribution is 7.89. The Morgan fingerprint density at radius 2 is 2.09 bits per heavy atom. The maximum atomic E-state index is 12.7. The second kappa shape index (κ2) is 7.21. The summed E-state index contributed by atoms with van der Waals surface area (Å²) in [6, 6.07) is 9.28. The van der Waals surface area contributed by atoms with Crippen LogP contribution in [-0.2, 0) is 19.6 Å². The summed E-state index contributed by atoms with van der Waals surface area (Å²) in [4.78, 5) is 14.3. The first-order chi connectivity index (χ1) is 10.4. The van der Waals surface area contributed by atoms with Crippen molar-refractivity contribution in [1.29, 1.82) is 0 Å². The lowest BCUT2D eigenvalue weighted by molar-refractivity contribution is -0.144. The van der Waals surface area contributed by atoms with Crippen LogP contribution in [0.1, 0.15) is 24.5 Å². The average molecular weight is 326 g/mol. The van der Waals surface area contributed by atoms with Crippen LogP contribution in [0, 0.1) is 5.92 Å². The van der Waals surface area contributed by atoms with Crippen molar-refractivity contribution in [3.63, 3.8) is 0 Å². The SMILES string of the molecule is CO[C@H](C(=O)N1CCC[C@H](CS(N)(=O)=O)C1)c1ccccc1. The number of primary sulfonamides is 1. The number of hydrogen-bond acceptors (Lipinski definition) is 4. The number of rotatable bonds is 5. The van der Waals surface area contributed by atoms with Crippen molar-refractivity contribution in [2.24, 2.45) is 11.1 Å². The van der Waals surface area contributed by atoms with E-state index in [1.54, 1.807) is 4.90 Å². The van der Waals surface area contributed by atoms with Gasteiger partial charge in [-0.2, -0.15) is 0 Å². The summed E-state index contributed by atoms with van der Waals surface area (Å²) in [5.41, 5.74) is 0.795. The minimum atomic E-state index is -3.52. The van der Waals surface area contributed by atoms with Gasteiger partial charge in [0, 0.05) is 20.2 Å². The number of carbonyl (C=O) groups is 1. The van der Waals surface area contributed by atoms with Crippen molar-refractivity contribution >= 4 is 15.9 Å². The van der Waals surface area contributed by atoms with E-state index >= 15 is 0 Å². The van der Waals surface area contributed by atoms with E-state index in [-0.39, 0.29) is 17.6 Å². The van der Waals surface area contributed by atoms with E-state index in [0.717, 1.165) is 18.4 Å². The van der Waals surface area contributed by atoms with Crippen molar-refractivity contribution in [2.75, 3.05) is 26.0 Å². The number of piperidine rings is 1. The molecular formula is C15H22N2O4S. The molecule has 0 aliphatic carbocycles. The lowest BCUT2D eigenvalue weighted by Gasteiger charge is -2.34. The summed E-state index contributed by atoms with van der Waals surface area (Å²) >= 11 is 0. The normalized spacial score (nSPS) is 20.6. The summed E-state index contributed by atoms with van der Waals surface area (Å²) in [6.45, 7) is 1.02. The van der Waals surface area contributed by atoms with Gasteiger partial charge in [0.25, 0.3) is 5.91 Å². The number of ether oxygens (including phenoxy) is 1. The van der Waals surface area contributed by atoms with E-state index in [4.69, 9.17) is 9.88 Å². The standard InChI is InChI=1S/C15H22N2O4S/c1-21-14(13-7-3-2-4-8-13)15(18)17-9-5-6-12(10-17)11-22(16,19)20/h2-4,7-8,12,14H,5-6,9-11H2,1H3,(H2,16,19,20)/t12-,14-/m0/s1.